The van der Waals surface area contributed by atoms with E-state index in [1.165, 1.54) is 12.5 Å². The molecular formula is C16H17N3O3. The number of nitrogens with two attached hydrogens (primary N) is 1. The fourth-order valence-electron chi connectivity index (χ4n) is 2.87. The van der Waals surface area contributed by atoms with E-state index < -0.39 is 11.9 Å². The van der Waals surface area contributed by atoms with Crippen LogP contribution in [0.4, 0.5) is 5.69 Å². The van der Waals surface area contributed by atoms with E-state index in [1.54, 1.807) is 6.07 Å². The van der Waals surface area contributed by atoms with Crippen LogP contribution in [-0.2, 0) is 0 Å². The summed E-state index contributed by atoms with van der Waals surface area (Å²) in [4.78, 5) is 29.2. The summed E-state index contributed by atoms with van der Waals surface area (Å²) >= 11 is 0. The number of benzene rings is 1. The van der Waals surface area contributed by atoms with Gasteiger partial charge in [-0.1, -0.05) is 0 Å². The summed E-state index contributed by atoms with van der Waals surface area (Å²) in [5, 5.41) is 9.93. The Morgan fingerprint density at radius 2 is 1.86 bits per heavy atom. The molecule has 1 saturated heterocycles. The molecule has 0 spiro atoms. The van der Waals surface area contributed by atoms with Crippen LogP contribution < -0.4 is 10.6 Å². The topological polar surface area (TPSA) is 96.5 Å². The van der Waals surface area contributed by atoms with Crippen molar-refractivity contribution in [2.75, 3.05) is 18.0 Å². The van der Waals surface area contributed by atoms with Crippen LogP contribution >= 0.6 is 0 Å². The van der Waals surface area contributed by atoms with Gasteiger partial charge in [0.15, 0.2) is 0 Å². The smallest absolute Gasteiger partial charge is 0.336 e. The van der Waals surface area contributed by atoms with Gasteiger partial charge in [0.2, 0.25) is 0 Å². The number of hydrogen-bond acceptors (Lipinski definition) is 4. The highest BCUT2D eigenvalue weighted by atomic mass is 16.4. The number of piperidine rings is 1. The minimum atomic E-state index is -1.09. The van der Waals surface area contributed by atoms with Gasteiger partial charge in [-0.2, -0.15) is 0 Å². The van der Waals surface area contributed by atoms with Gasteiger partial charge in [0.25, 0.3) is 5.91 Å². The highest BCUT2D eigenvalue weighted by Crippen LogP contribution is 2.26. The molecule has 2 heterocycles. The van der Waals surface area contributed by atoms with E-state index >= 15 is 0 Å². The SMILES string of the molecule is NC(=O)c1cc(C(=O)O)c2cc(N3CCCCC3)ccc2n1. The van der Waals surface area contributed by atoms with E-state index in [0.29, 0.717) is 10.9 Å². The Morgan fingerprint density at radius 3 is 2.50 bits per heavy atom. The molecule has 6 heteroatoms. The van der Waals surface area contributed by atoms with Crippen LogP contribution in [0.3, 0.4) is 0 Å². The highest BCUT2D eigenvalue weighted by molar-refractivity contribution is 6.06. The molecular weight excluding hydrogens is 282 g/mol. The second kappa shape index (κ2) is 5.63. The number of carboxylic acid groups (broad SMARTS) is 1. The number of nitrogens with zero attached hydrogens (tertiary/aromatic N) is 2. The standard InChI is InChI=1S/C16H17N3O3/c17-15(20)14-9-12(16(21)22)11-8-10(4-5-13(11)18-14)19-6-2-1-3-7-19/h4-5,8-9H,1-3,6-7H2,(H2,17,20)(H,21,22). The third-order valence-corrected chi connectivity index (χ3v) is 4.00. The Morgan fingerprint density at radius 1 is 1.14 bits per heavy atom. The van der Waals surface area contributed by atoms with Gasteiger partial charge >= 0.3 is 5.97 Å². The molecule has 22 heavy (non-hydrogen) atoms. The van der Waals surface area contributed by atoms with Crippen LogP contribution in [0.25, 0.3) is 10.9 Å². The van der Waals surface area contributed by atoms with Gasteiger partial charge < -0.3 is 15.7 Å². The summed E-state index contributed by atoms with van der Waals surface area (Å²) in [6.45, 7) is 1.95. The van der Waals surface area contributed by atoms with Crippen molar-refractivity contribution in [3.63, 3.8) is 0 Å². The zero-order chi connectivity index (χ0) is 15.7. The van der Waals surface area contributed by atoms with Gasteiger partial charge in [0.05, 0.1) is 11.1 Å². The van der Waals surface area contributed by atoms with Crippen LogP contribution in [-0.4, -0.2) is 35.1 Å². The van der Waals surface area contributed by atoms with Crippen LogP contribution in [0, 0.1) is 0 Å². The van der Waals surface area contributed by atoms with E-state index in [1.807, 2.05) is 12.1 Å². The van der Waals surface area contributed by atoms with Crippen molar-refractivity contribution >= 4 is 28.5 Å². The zero-order valence-corrected chi connectivity index (χ0v) is 12.1. The van der Waals surface area contributed by atoms with Crippen molar-refractivity contribution in [1.82, 2.24) is 4.98 Å². The van der Waals surface area contributed by atoms with E-state index in [4.69, 9.17) is 5.73 Å². The number of hydrogen-bond donors (Lipinski definition) is 2. The van der Waals surface area contributed by atoms with Crippen molar-refractivity contribution < 1.29 is 14.7 Å². The molecule has 0 unspecified atom stereocenters. The molecule has 0 radical (unpaired) electrons. The molecule has 1 fully saturated rings. The fourth-order valence-corrected chi connectivity index (χ4v) is 2.87. The molecule has 1 aromatic carbocycles. The second-order valence-corrected chi connectivity index (χ2v) is 5.47. The number of carboxylic acids is 1. The molecule has 6 nitrogen and oxygen atoms in total. The normalized spacial score (nSPS) is 15.0. The average Bonchev–Trinajstić information content (AvgIpc) is 2.53. The Labute approximate surface area is 127 Å². The number of carbonyl (C=O) groups is 2. The fraction of sp³-hybridized carbons (Fsp3) is 0.312. The van der Waals surface area contributed by atoms with E-state index in [9.17, 15) is 14.7 Å². The molecule has 1 aliphatic heterocycles. The molecule has 2 aromatic rings. The third kappa shape index (κ3) is 2.59. The van der Waals surface area contributed by atoms with E-state index in [-0.39, 0.29) is 11.3 Å². The summed E-state index contributed by atoms with van der Waals surface area (Å²) in [6, 6.07) is 6.74. The number of fused-ring (bicyclic) bond motifs is 1. The summed E-state index contributed by atoms with van der Waals surface area (Å²) in [5.41, 5.74) is 6.70. The van der Waals surface area contributed by atoms with Crippen molar-refractivity contribution in [3.8, 4) is 0 Å². The monoisotopic (exact) mass is 299 g/mol. The Balaban J connectivity index is 2.13. The predicted octanol–water partition coefficient (Wildman–Crippen LogP) is 2.02. The number of aromatic carboxylic acids is 1. The van der Waals surface area contributed by atoms with Crippen molar-refractivity contribution in [2.24, 2.45) is 5.73 Å². The van der Waals surface area contributed by atoms with Crippen LogP contribution in [0.1, 0.15) is 40.1 Å². The average molecular weight is 299 g/mol. The first-order valence-electron chi connectivity index (χ1n) is 7.29. The maximum absolute atomic E-state index is 11.5. The molecule has 0 bridgehead atoms. The van der Waals surface area contributed by atoms with E-state index in [2.05, 4.69) is 9.88 Å². The van der Waals surface area contributed by atoms with Crippen LogP contribution in [0.5, 0.6) is 0 Å². The predicted molar refractivity (Wildman–Crippen MR) is 83.3 cm³/mol. The van der Waals surface area contributed by atoms with Gasteiger partial charge in [0.1, 0.15) is 5.69 Å². The van der Waals surface area contributed by atoms with Crippen molar-refractivity contribution in [2.45, 2.75) is 19.3 Å². The first-order valence-corrected chi connectivity index (χ1v) is 7.29. The molecule has 1 aliphatic rings. The van der Waals surface area contributed by atoms with E-state index in [0.717, 1.165) is 31.6 Å². The number of anilines is 1. The summed E-state index contributed by atoms with van der Waals surface area (Å²) in [5.74, 6) is -1.82. The number of rotatable bonds is 3. The number of primary amides is 1. The summed E-state index contributed by atoms with van der Waals surface area (Å²) < 4.78 is 0. The minimum absolute atomic E-state index is 0.0318. The maximum atomic E-state index is 11.5. The number of pyridine rings is 1. The minimum Gasteiger partial charge on any atom is -0.478 e. The lowest BCUT2D eigenvalue weighted by Gasteiger charge is -2.29. The van der Waals surface area contributed by atoms with Crippen molar-refractivity contribution in [3.05, 3.63) is 35.5 Å². The molecule has 3 rings (SSSR count). The molecule has 114 valence electrons. The van der Waals surface area contributed by atoms with Crippen molar-refractivity contribution in [1.29, 1.82) is 0 Å². The van der Waals surface area contributed by atoms with Crippen LogP contribution in [0.2, 0.25) is 0 Å². The Bertz CT molecular complexity index is 752. The highest BCUT2D eigenvalue weighted by Gasteiger charge is 2.17. The number of aromatic nitrogens is 1. The van der Waals surface area contributed by atoms with Crippen LogP contribution in [0.15, 0.2) is 24.3 Å². The molecule has 1 amide bonds. The molecule has 1 aromatic heterocycles. The zero-order valence-electron chi connectivity index (χ0n) is 12.1. The van der Waals surface area contributed by atoms with Gasteiger partial charge in [0, 0.05) is 24.2 Å². The maximum Gasteiger partial charge on any atom is 0.336 e. The number of carbonyl (C=O) groups excluding carboxylic acids is 1. The lowest BCUT2D eigenvalue weighted by molar-refractivity contribution is 0.0699. The molecule has 0 atom stereocenters. The van der Waals surface area contributed by atoms with Gasteiger partial charge in [-0.15, -0.1) is 0 Å². The van der Waals surface area contributed by atoms with Gasteiger partial charge in [-0.3, -0.25) is 4.79 Å². The quantitative estimate of drug-likeness (QED) is 0.903. The lowest BCUT2D eigenvalue weighted by Crippen LogP contribution is -2.29. The van der Waals surface area contributed by atoms with Gasteiger partial charge in [-0.05, 0) is 43.5 Å². The Hall–Kier alpha value is -2.63. The molecule has 0 saturated carbocycles. The molecule has 3 N–H and O–H groups in total. The lowest BCUT2D eigenvalue weighted by atomic mass is 10.0. The first-order chi connectivity index (χ1) is 10.6. The Kier molecular flexibility index (Phi) is 3.66. The van der Waals surface area contributed by atoms with Gasteiger partial charge in [-0.25, -0.2) is 9.78 Å². The summed E-state index contributed by atoms with van der Waals surface area (Å²) in [6.07, 6.45) is 3.51. The third-order valence-electron chi connectivity index (χ3n) is 4.00. The largest absolute Gasteiger partial charge is 0.478 e. The first kappa shape index (κ1) is 14.3. The number of amides is 1. The summed E-state index contributed by atoms with van der Waals surface area (Å²) in [7, 11) is 0. The second-order valence-electron chi connectivity index (χ2n) is 5.47. The molecule has 0 aliphatic carbocycles.